The minimum absolute atomic E-state index is 0.328. The van der Waals surface area contributed by atoms with Gasteiger partial charge in [0.1, 0.15) is 0 Å². The van der Waals surface area contributed by atoms with Gasteiger partial charge in [-0.05, 0) is 24.3 Å². The number of anilines is 5. The van der Waals surface area contributed by atoms with Crippen LogP contribution in [0, 0.1) is 0 Å². The zero-order valence-electron chi connectivity index (χ0n) is 17.1. The van der Waals surface area contributed by atoms with E-state index in [9.17, 15) is 0 Å². The van der Waals surface area contributed by atoms with Gasteiger partial charge in [-0.1, -0.05) is 0 Å². The smallest absolute Gasteiger partial charge is 0.249 e. The molecule has 2 aromatic carbocycles. The molecule has 0 aliphatic carbocycles. The van der Waals surface area contributed by atoms with Gasteiger partial charge in [-0.2, -0.15) is 10.1 Å². The minimum Gasteiger partial charge on any atom is -0.493 e. The maximum Gasteiger partial charge on any atom is 0.249 e. The van der Waals surface area contributed by atoms with E-state index >= 15 is 0 Å². The zero-order chi connectivity index (χ0) is 20.8. The van der Waals surface area contributed by atoms with Gasteiger partial charge in [0.2, 0.25) is 11.7 Å². The average molecular weight is 396 g/mol. The average Bonchev–Trinajstić information content (AvgIpc) is 2.73. The number of methoxy groups -OCH3 is 3. The van der Waals surface area contributed by atoms with Gasteiger partial charge in [0.15, 0.2) is 17.3 Å². The van der Waals surface area contributed by atoms with E-state index in [1.165, 1.54) is 0 Å². The molecular formula is C20H24N6O3. The molecule has 3 aromatic rings. The number of ether oxygens (including phenoxy) is 3. The minimum atomic E-state index is 0.328. The van der Waals surface area contributed by atoms with Crippen LogP contribution in [0.4, 0.5) is 28.8 Å². The molecule has 0 saturated carbocycles. The van der Waals surface area contributed by atoms with E-state index < -0.39 is 0 Å². The molecule has 3 rings (SSSR count). The molecule has 2 N–H and O–H groups in total. The molecule has 9 heteroatoms. The van der Waals surface area contributed by atoms with Crippen LogP contribution in [0.2, 0.25) is 0 Å². The lowest BCUT2D eigenvalue weighted by Gasteiger charge is -2.15. The monoisotopic (exact) mass is 396 g/mol. The zero-order valence-corrected chi connectivity index (χ0v) is 17.1. The first kappa shape index (κ1) is 20.0. The van der Waals surface area contributed by atoms with Gasteiger partial charge in [-0.25, -0.2) is 0 Å². The van der Waals surface area contributed by atoms with Gasteiger partial charge in [0.05, 0.1) is 27.5 Å². The molecular weight excluding hydrogens is 372 g/mol. The van der Waals surface area contributed by atoms with Crippen LogP contribution in [0.1, 0.15) is 0 Å². The van der Waals surface area contributed by atoms with Gasteiger partial charge in [-0.15, -0.1) is 5.10 Å². The Morgan fingerprint density at radius 1 is 0.828 bits per heavy atom. The first-order valence-electron chi connectivity index (χ1n) is 8.85. The van der Waals surface area contributed by atoms with Crippen molar-refractivity contribution in [3.8, 4) is 17.2 Å². The third-order valence-electron chi connectivity index (χ3n) is 4.14. The van der Waals surface area contributed by atoms with Gasteiger partial charge < -0.3 is 29.7 Å². The van der Waals surface area contributed by atoms with Crippen molar-refractivity contribution in [2.45, 2.75) is 0 Å². The Morgan fingerprint density at radius 2 is 1.48 bits per heavy atom. The molecule has 0 amide bonds. The number of hydrogen-bond donors (Lipinski definition) is 2. The second-order valence-corrected chi connectivity index (χ2v) is 6.27. The van der Waals surface area contributed by atoms with Crippen LogP contribution >= 0.6 is 0 Å². The summed E-state index contributed by atoms with van der Waals surface area (Å²) < 4.78 is 16.1. The fourth-order valence-electron chi connectivity index (χ4n) is 2.69. The van der Waals surface area contributed by atoms with Gasteiger partial charge >= 0.3 is 0 Å². The van der Waals surface area contributed by atoms with Crippen molar-refractivity contribution >= 4 is 28.8 Å². The molecule has 0 aliphatic rings. The van der Waals surface area contributed by atoms with Crippen LogP contribution in [0.5, 0.6) is 17.2 Å². The van der Waals surface area contributed by atoms with Crippen molar-refractivity contribution in [1.29, 1.82) is 0 Å². The highest BCUT2D eigenvalue weighted by atomic mass is 16.5. The molecule has 0 spiro atoms. The fourth-order valence-corrected chi connectivity index (χ4v) is 2.69. The van der Waals surface area contributed by atoms with Crippen LogP contribution in [-0.4, -0.2) is 50.6 Å². The Balaban J connectivity index is 1.79. The number of nitrogens with zero attached hydrogens (tertiary/aromatic N) is 4. The Morgan fingerprint density at radius 3 is 2.03 bits per heavy atom. The lowest BCUT2D eigenvalue weighted by molar-refractivity contribution is 0.324. The van der Waals surface area contributed by atoms with E-state index in [-0.39, 0.29) is 0 Å². The van der Waals surface area contributed by atoms with Crippen LogP contribution in [-0.2, 0) is 0 Å². The highest BCUT2D eigenvalue weighted by Gasteiger charge is 2.14. The molecule has 152 valence electrons. The maximum absolute atomic E-state index is 5.37. The first-order valence-corrected chi connectivity index (χ1v) is 8.85. The summed E-state index contributed by atoms with van der Waals surface area (Å²) >= 11 is 0. The summed E-state index contributed by atoms with van der Waals surface area (Å²) in [6.07, 6.45) is 1.56. The largest absolute Gasteiger partial charge is 0.493 e. The van der Waals surface area contributed by atoms with E-state index in [1.54, 1.807) is 39.7 Å². The SMILES string of the molecule is COc1cc(Nc2nncc(Nc3ccc(N(C)C)cc3)n2)cc(OC)c1OC. The molecule has 0 saturated heterocycles. The van der Waals surface area contributed by atoms with E-state index in [0.29, 0.717) is 34.7 Å². The summed E-state index contributed by atoms with van der Waals surface area (Å²) in [6.45, 7) is 0. The first-order chi connectivity index (χ1) is 14.0. The third-order valence-corrected chi connectivity index (χ3v) is 4.14. The Kier molecular flexibility index (Phi) is 6.18. The van der Waals surface area contributed by atoms with Crippen molar-refractivity contribution in [3.63, 3.8) is 0 Å². The van der Waals surface area contributed by atoms with Gasteiger partial charge in [0, 0.05) is 43.3 Å². The Labute approximate surface area is 169 Å². The summed E-state index contributed by atoms with van der Waals surface area (Å²) in [5.74, 6) is 2.45. The van der Waals surface area contributed by atoms with E-state index in [0.717, 1.165) is 11.4 Å². The lowest BCUT2D eigenvalue weighted by atomic mass is 10.2. The van der Waals surface area contributed by atoms with Gasteiger partial charge in [-0.3, -0.25) is 0 Å². The van der Waals surface area contributed by atoms with E-state index in [2.05, 4.69) is 25.8 Å². The van der Waals surface area contributed by atoms with Crippen LogP contribution in [0.15, 0.2) is 42.6 Å². The second kappa shape index (κ2) is 8.96. The normalized spacial score (nSPS) is 10.2. The van der Waals surface area contributed by atoms with Crippen molar-refractivity contribution in [3.05, 3.63) is 42.6 Å². The number of hydrogen-bond acceptors (Lipinski definition) is 9. The van der Waals surface area contributed by atoms with Crippen LogP contribution in [0.25, 0.3) is 0 Å². The van der Waals surface area contributed by atoms with E-state index in [1.807, 2.05) is 43.3 Å². The maximum atomic E-state index is 5.37. The number of benzene rings is 2. The standard InChI is InChI=1S/C20H24N6O3/c1-26(2)15-8-6-13(7-9-15)22-18-12-21-25-20(24-18)23-14-10-16(27-3)19(29-5)17(11-14)28-4/h6-12H,1-5H3,(H2,22,23,24,25). The predicted octanol–water partition coefficient (Wildman–Crippen LogP) is 3.45. The quantitative estimate of drug-likeness (QED) is 0.594. The molecule has 9 nitrogen and oxygen atoms in total. The third kappa shape index (κ3) is 4.75. The topological polar surface area (TPSA) is 93.7 Å². The lowest BCUT2D eigenvalue weighted by Crippen LogP contribution is -2.08. The number of aromatic nitrogens is 3. The molecule has 0 atom stereocenters. The van der Waals surface area contributed by atoms with Crippen molar-refractivity contribution < 1.29 is 14.2 Å². The molecule has 0 bridgehead atoms. The predicted molar refractivity (Wildman–Crippen MR) is 113 cm³/mol. The van der Waals surface area contributed by atoms with E-state index in [4.69, 9.17) is 14.2 Å². The van der Waals surface area contributed by atoms with Crippen LogP contribution in [0.3, 0.4) is 0 Å². The molecule has 0 fully saturated rings. The molecule has 1 aromatic heterocycles. The van der Waals surface area contributed by atoms with Crippen molar-refractivity contribution in [2.24, 2.45) is 0 Å². The van der Waals surface area contributed by atoms with Crippen LogP contribution < -0.4 is 29.7 Å². The summed E-state index contributed by atoms with van der Waals surface area (Å²) in [4.78, 5) is 6.49. The van der Waals surface area contributed by atoms with Gasteiger partial charge in [0.25, 0.3) is 0 Å². The molecule has 1 heterocycles. The Hall–Kier alpha value is -3.75. The summed E-state index contributed by atoms with van der Waals surface area (Å²) in [7, 11) is 8.67. The highest BCUT2D eigenvalue weighted by molar-refractivity contribution is 5.66. The molecule has 0 aliphatic heterocycles. The summed E-state index contributed by atoms with van der Waals surface area (Å²) in [5.41, 5.74) is 2.68. The second-order valence-electron chi connectivity index (χ2n) is 6.27. The summed E-state index contributed by atoms with van der Waals surface area (Å²) in [6, 6.07) is 11.5. The highest BCUT2D eigenvalue weighted by Crippen LogP contribution is 2.40. The summed E-state index contributed by atoms with van der Waals surface area (Å²) in [5, 5.41) is 14.4. The number of nitrogens with one attached hydrogen (secondary N) is 2. The van der Waals surface area contributed by atoms with Crippen molar-refractivity contribution in [1.82, 2.24) is 15.2 Å². The number of rotatable bonds is 8. The Bertz CT molecular complexity index is 938. The molecule has 29 heavy (non-hydrogen) atoms. The molecule has 0 unspecified atom stereocenters. The molecule has 0 radical (unpaired) electrons. The fraction of sp³-hybridized carbons (Fsp3) is 0.250. The van der Waals surface area contributed by atoms with Crippen molar-refractivity contribution in [2.75, 3.05) is 51.0 Å².